The molecule has 4 aromatic carbocycles. The number of fused-ring (bicyclic) bond motifs is 1. The summed E-state index contributed by atoms with van der Waals surface area (Å²) < 4.78 is 67.3. The SMILES string of the molecule is O=S(=O)(O)c1cc2cc(S(=O)(=O)O)c(N=Nc3ccccc3)c([O-])c2c([O-])c1N=Nc1ccccc1.[Na+].[Na+]. The maximum Gasteiger partial charge on any atom is 1.00 e. The predicted molar refractivity (Wildman–Crippen MR) is 124 cm³/mol. The molecule has 0 atom stereocenters. The average Bonchev–Trinajstić information content (AvgIpc) is 2.82. The number of rotatable bonds is 6. The van der Waals surface area contributed by atoms with E-state index in [0.717, 1.165) is 0 Å². The van der Waals surface area contributed by atoms with Crippen molar-refractivity contribution in [3.05, 3.63) is 72.8 Å². The van der Waals surface area contributed by atoms with E-state index in [1.165, 1.54) is 24.3 Å². The zero-order chi connectivity index (χ0) is 26.1. The molecule has 0 unspecified atom stereocenters. The molecule has 4 rings (SSSR count). The minimum absolute atomic E-state index is 0. The first kappa shape index (κ1) is 32.0. The minimum atomic E-state index is -5.08. The number of nitrogens with zero attached hydrogens (tertiary/aromatic N) is 4. The average molecular weight is 572 g/mol. The van der Waals surface area contributed by atoms with Crippen molar-refractivity contribution in [1.82, 2.24) is 0 Å². The second kappa shape index (κ2) is 12.7. The molecule has 0 aliphatic heterocycles. The van der Waals surface area contributed by atoms with Crippen LogP contribution in [0.2, 0.25) is 0 Å². The largest absolute Gasteiger partial charge is 1.00 e. The Morgan fingerprint density at radius 2 is 0.921 bits per heavy atom. The van der Waals surface area contributed by atoms with Crippen LogP contribution in [0.5, 0.6) is 11.5 Å². The molecule has 0 fully saturated rings. The van der Waals surface area contributed by atoms with Gasteiger partial charge in [-0.05, 0) is 47.2 Å². The molecule has 0 spiro atoms. The van der Waals surface area contributed by atoms with E-state index in [9.17, 15) is 36.2 Å². The van der Waals surface area contributed by atoms with Crippen LogP contribution in [0, 0.1) is 0 Å². The monoisotopic (exact) mass is 572 g/mol. The van der Waals surface area contributed by atoms with Gasteiger partial charge in [0.2, 0.25) is 0 Å². The van der Waals surface area contributed by atoms with Crippen LogP contribution in [-0.2, 0) is 20.2 Å². The van der Waals surface area contributed by atoms with E-state index in [0.29, 0.717) is 12.1 Å². The Hall–Kier alpha value is -2.24. The van der Waals surface area contributed by atoms with Gasteiger partial charge in [-0.15, -0.1) is 10.2 Å². The van der Waals surface area contributed by atoms with Gasteiger partial charge in [-0.3, -0.25) is 9.11 Å². The number of hydrogen-bond donors (Lipinski definition) is 2. The van der Waals surface area contributed by atoms with Crippen LogP contribution in [0.15, 0.2) is 103 Å². The van der Waals surface area contributed by atoms with Crippen LogP contribution >= 0.6 is 0 Å². The fraction of sp³-hybridized carbons (Fsp3) is 0. The van der Waals surface area contributed by atoms with Crippen LogP contribution < -0.4 is 69.3 Å². The van der Waals surface area contributed by atoms with Crippen molar-refractivity contribution >= 4 is 53.8 Å². The van der Waals surface area contributed by atoms with Crippen molar-refractivity contribution in [1.29, 1.82) is 0 Å². The van der Waals surface area contributed by atoms with Crippen molar-refractivity contribution in [3.8, 4) is 11.5 Å². The van der Waals surface area contributed by atoms with E-state index in [1.54, 1.807) is 36.4 Å². The van der Waals surface area contributed by atoms with Crippen molar-refractivity contribution in [2.75, 3.05) is 0 Å². The first-order valence-electron chi connectivity index (χ1n) is 9.87. The molecular weight excluding hydrogens is 558 g/mol. The predicted octanol–water partition coefficient (Wildman–Crippen LogP) is -1.68. The molecule has 4 aromatic rings. The Morgan fingerprint density at radius 3 is 1.24 bits per heavy atom. The number of azo groups is 2. The second-order valence-corrected chi connectivity index (χ2v) is 10.0. The second-order valence-electron chi connectivity index (χ2n) is 7.22. The van der Waals surface area contributed by atoms with E-state index in [2.05, 4.69) is 20.5 Å². The quantitative estimate of drug-likeness (QED) is 0.155. The van der Waals surface area contributed by atoms with Gasteiger partial charge >= 0.3 is 59.1 Å². The summed E-state index contributed by atoms with van der Waals surface area (Å²) >= 11 is 0. The molecule has 0 saturated carbocycles. The van der Waals surface area contributed by atoms with Crippen LogP contribution in [0.4, 0.5) is 22.7 Å². The molecule has 0 radical (unpaired) electrons. The Kier molecular flexibility index (Phi) is 10.7. The Labute approximate surface area is 261 Å². The van der Waals surface area contributed by atoms with Crippen LogP contribution in [0.3, 0.4) is 0 Å². The van der Waals surface area contributed by atoms with Gasteiger partial charge in [0.25, 0.3) is 20.2 Å². The van der Waals surface area contributed by atoms with Gasteiger partial charge in [-0.25, -0.2) is 0 Å². The van der Waals surface area contributed by atoms with Crippen LogP contribution in [0.25, 0.3) is 10.8 Å². The third-order valence-electron chi connectivity index (χ3n) is 4.81. The molecule has 16 heteroatoms. The van der Waals surface area contributed by atoms with E-state index in [-0.39, 0.29) is 70.5 Å². The zero-order valence-corrected chi connectivity index (χ0v) is 25.5. The van der Waals surface area contributed by atoms with Gasteiger partial charge in [-0.2, -0.15) is 27.1 Å². The molecular formula is C22H14N4Na2O8S2. The first-order valence-corrected chi connectivity index (χ1v) is 12.7. The zero-order valence-electron chi connectivity index (χ0n) is 19.9. The molecule has 38 heavy (non-hydrogen) atoms. The molecule has 0 amide bonds. The van der Waals surface area contributed by atoms with E-state index in [4.69, 9.17) is 0 Å². The first-order chi connectivity index (χ1) is 17.0. The molecule has 0 saturated heterocycles. The van der Waals surface area contributed by atoms with Gasteiger partial charge in [0.15, 0.2) is 0 Å². The number of hydrogen-bond acceptors (Lipinski definition) is 10. The minimum Gasteiger partial charge on any atom is -0.871 e. The summed E-state index contributed by atoms with van der Waals surface area (Å²) in [7, 11) is -10.2. The van der Waals surface area contributed by atoms with E-state index in [1.807, 2.05) is 0 Å². The van der Waals surface area contributed by atoms with Crippen LogP contribution in [-0.4, -0.2) is 25.9 Å². The van der Waals surface area contributed by atoms with Crippen molar-refractivity contribution in [2.45, 2.75) is 9.79 Å². The van der Waals surface area contributed by atoms with Gasteiger partial charge < -0.3 is 10.2 Å². The molecule has 0 heterocycles. The van der Waals surface area contributed by atoms with E-state index >= 15 is 0 Å². The summed E-state index contributed by atoms with van der Waals surface area (Å²) in [5.41, 5.74) is -1.28. The summed E-state index contributed by atoms with van der Waals surface area (Å²) in [5, 5.41) is 40.1. The molecule has 0 bridgehead atoms. The molecule has 2 N–H and O–H groups in total. The summed E-state index contributed by atoms with van der Waals surface area (Å²) in [4.78, 5) is -2.03. The molecule has 0 aromatic heterocycles. The van der Waals surface area contributed by atoms with Gasteiger partial charge in [0.1, 0.15) is 9.79 Å². The van der Waals surface area contributed by atoms with Crippen molar-refractivity contribution in [2.24, 2.45) is 20.5 Å². The van der Waals surface area contributed by atoms with E-state index < -0.39 is 63.7 Å². The Morgan fingerprint density at radius 1 is 0.579 bits per heavy atom. The summed E-state index contributed by atoms with van der Waals surface area (Å²) in [6.07, 6.45) is 0. The third-order valence-corrected chi connectivity index (χ3v) is 6.55. The fourth-order valence-corrected chi connectivity index (χ4v) is 4.53. The van der Waals surface area contributed by atoms with Gasteiger partial charge in [0.05, 0.1) is 22.7 Å². The summed E-state index contributed by atoms with van der Waals surface area (Å²) in [5.74, 6) is -2.52. The normalized spacial score (nSPS) is 11.9. The molecule has 12 nitrogen and oxygen atoms in total. The summed E-state index contributed by atoms with van der Waals surface area (Å²) in [6, 6.07) is 17.1. The molecule has 0 aliphatic rings. The van der Waals surface area contributed by atoms with Crippen LogP contribution in [0.1, 0.15) is 0 Å². The van der Waals surface area contributed by atoms with Crippen molar-refractivity contribution < 1.29 is 95.3 Å². The van der Waals surface area contributed by atoms with Gasteiger partial charge in [0, 0.05) is 0 Å². The Bertz CT molecular complexity index is 1630. The smallest absolute Gasteiger partial charge is 0.871 e. The maximum atomic E-state index is 13.2. The number of benzene rings is 4. The fourth-order valence-electron chi connectivity index (χ4n) is 3.22. The standard InChI is InChI=1S/C22H16N4O8S2.2Na/c27-21-18-13(11-16(35(29,30)31)19(21)25-23-14-7-3-1-4-8-14)12-17(36(32,33)34)20(22(18)28)26-24-15-9-5-2-6-10-15;;/h1-12,27-28H,(H,29,30,31)(H,32,33,34);;/q;2*+1/p-2. The maximum absolute atomic E-state index is 13.2. The molecule has 184 valence electrons. The van der Waals surface area contributed by atoms with Crippen molar-refractivity contribution in [3.63, 3.8) is 0 Å². The molecule has 0 aliphatic carbocycles. The summed E-state index contributed by atoms with van der Waals surface area (Å²) in [6.45, 7) is 0. The van der Waals surface area contributed by atoms with Gasteiger partial charge in [-0.1, -0.05) is 47.9 Å². The Balaban J connectivity index is 0.00000253. The topological polar surface area (TPSA) is 204 Å². The third kappa shape index (κ3) is 7.04.